The Kier molecular flexibility index (Phi) is 5.06. The normalized spacial score (nSPS) is 14.1. The minimum Gasteiger partial charge on any atom is -0.506 e. The van der Waals surface area contributed by atoms with Crippen LogP contribution in [0.3, 0.4) is 0 Å². The first-order valence-electron chi connectivity index (χ1n) is 7.02. The first kappa shape index (κ1) is 19.4. The molecular weight excluding hydrogens is 366 g/mol. The summed E-state index contributed by atoms with van der Waals surface area (Å²) in [6.45, 7) is 0. The Balaban J connectivity index is 2.62. The molecule has 0 spiro atoms. The van der Waals surface area contributed by atoms with Crippen LogP contribution in [0.4, 0.5) is 37.7 Å². The van der Waals surface area contributed by atoms with Crippen LogP contribution in [0, 0.1) is 0 Å². The number of halogens is 6. The standard InChI is InChI=1S/C16H12F6N2O2/c17-14(18)15(19,16(20,21)22)9-6-7-10(25)11(23)12(9)24-13(26)8-4-2-1-3-5-8/h1-7,14,25H,23H2,(H,24,26). The van der Waals surface area contributed by atoms with E-state index in [1.54, 1.807) is 6.07 Å². The number of nitrogens with two attached hydrogens (primary N) is 1. The molecular formula is C16H12F6N2O2. The monoisotopic (exact) mass is 378 g/mol. The fourth-order valence-corrected chi connectivity index (χ4v) is 2.22. The van der Waals surface area contributed by atoms with Crippen molar-refractivity contribution >= 4 is 17.3 Å². The lowest BCUT2D eigenvalue weighted by molar-refractivity contribution is -0.274. The highest BCUT2D eigenvalue weighted by Gasteiger charge is 2.65. The lowest BCUT2D eigenvalue weighted by Crippen LogP contribution is -2.45. The molecule has 26 heavy (non-hydrogen) atoms. The lowest BCUT2D eigenvalue weighted by atomic mass is 9.92. The predicted octanol–water partition coefficient (Wildman–Crippen LogP) is 4.22. The third kappa shape index (κ3) is 3.26. The average molecular weight is 378 g/mol. The summed E-state index contributed by atoms with van der Waals surface area (Å²) in [5.74, 6) is -1.83. The molecule has 0 bridgehead atoms. The molecule has 0 aliphatic rings. The minimum atomic E-state index is -6.00. The Morgan fingerprint density at radius 3 is 2.12 bits per heavy atom. The van der Waals surface area contributed by atoms with Gasteiger partial charge in [0.1, 0.15) is 5.75 Å². The number of aromatic hydroxyl groups is 1. The van der Waals surface area contributed by atoms with Gasteiger partial charge in [-0.05, 0) is 24.3 Å². The van der Waals surface area contributed by atoms with Gasteiger partial charge in [-0.2, -0.15) is 13.2 Å². The Morgan fingerprint density at radius 1 is 1.04 bits per heavy atom. The van der Waals surface area contributed by atoms with Crippen LogP contribution in [0.5, 0.6) is 5.75 Å². The summed E-state index contributed by atoms with van der Waals surface area (Å²) in [4.78, 5) is 12.1. The predicted molar refractivity (Wildman–Crippen MR) is 81.8 cm³/mol. The number of nitrogens with one attached hydrogen (secondary N) is 1. The first-order valence-corrected chi connectivity index (χ1v) is 7.02. The molecule has 2 rings (SSSR count). The maximum atomic E-state index is 14.4. The molecule has 0 radical (unpaired) electrons. The number of phenols is 1. The summed E-state index contributed by atoms with van der Waals surface area (Å²) in [5, 5.41) is 11.4. The second-order valence-corrected chi connectivity index (χ2v) is 5.25. The highest BCUT2D eigenvalue weighted by atomic mass is 19.4. The molecule has 0 heterocycles. The summed E-state index contributed by atoms with van der Waals surface area (Å²) >= 11 is 0. The number of nitrogen functional groups attached to an aromatic ring is 1. The van der Waals surface area contributed by atoms with Crippen LogP contribution in [-0.4, -0.2) is 23.6 Å². The number of rotatable bonds is 4. The quantitative estimate of drug-likeness (QED) is 0.424. The fourth-order valence-electron chi connectivity index (χ4n) is 2.22. The van der Waals surface area contributed by atoms with E-state index in [1.807, 2.05) is 5.32 Å². The van der Waals surface area contributed by atoms with Gasteiger partial charge in [0.15, 0.2) is 0 Å². The highest BCUT2D eigenvalue weighted by molar-refractivity contribution is 6.06. The molecule has 1 unspecified atom stereocenters. The molecule has 0 aromatic heterocycles. The van der Waals surface area contributed by atoms with Gasteiger partial charge in [-0.25, -0.2) is 13.2 Å². The number of phenolic OH excluding ortho intramolecular Hbond substituents is 1. The van der Waals surface area contributed by atoms with E-state index in [4.69, 9.17) is 5.73 Å². The van der Waals surface area contributed by atoms with E-state index in [-0.39, 0.29) is 5.56 Å². The van der Waals surface area contributed by atoms with Gasteiger partial charge in [-0.15, -0.1) is 0 Å². The number of hydrogen-bond acceptors (Lipinski definition) is 3. The molecule has 4 nitrogen and oxygen atoms in total. The Morgan fingerprint density at radius 2 is 1.62 bits per heavy atom. The van der Waals surface area contributed by atoms with Crippen molar-refractivity contribution in [2.75, 3.05) is 11.1 Å². The Hall–Kier alpha value is -2.91. The number of anilines is 2. The molecule has 10 heteroatoms. The number of alkyl halides is 6. The zero-order valence-electron chi connectivity index (χ0n) is 12.8. The van der Waals surface area contributed by atoms with Crippen molar-refractivity contribution in [1.82, 2.24) is 0 Å². The number of amides is 1. The molecule has 1 amide bonds. The smallest absolute Gasteiger partial charge is 0.432 e. The number of carbonyl (C=O) groups is 1. The van der Waals surface area contributed by atoms with Crippen LogP contribution >= 0.6 is 0 Å². The van der Waals surface area contributed by atoms with E-state index in [9.17, 15) is 36.2 Å². The zero-order valence-corrected chi connectivity index (χ0v) is 12.8. The molecule has 4 N–H and O–H groups in total. The van der Waals surface area contributed by atoms with Gasteiger partial charge in [0.05, 0.1) is 11.4 Å². The highest BCUT2D eigenvalue weighted by Crippen LogP contribution is 2.51. The number of carbonyl (C=O) groups excluding carboxylic acids is 1. The second kappa shape index (κ2) is 6.77. The Labute approximate surface area is 143 Å². The van der Waals surface area contributed by atoms with Gasteiger partial charge in [-0.1, -0.05) is 18.2 Å². The first-order chi connectivity index (χ1) is 12.0. The largest absolute Gasteiger partial charge is 0.506 e. The van der Waals surface area contributed by atoms with Crippen LogP contribution in [-0.2, 0) is 5.67 Å². The molecule has 0 saturated heterocycles. The third-order valence-corrected chi connectivity index (χ3v) is 3.60. The van der Waals surface area contributed by atoms with Gasteiger partial charge >= 0.3 is 6.18 Å². The fraction of sp³-hybridized carbons (Fsp3) is 0.188. The van der Waals surface area contributed by atoms with Crippen molar-refractivity contribution in [2.45, 2.75) is 18.3 Å². The summed E-state index contributed by atoms with van der Waals surface area (Å²) in [6, 6.07) is 7.84. The van der Waals surface area contributed by atoms with Crippen molar-refractivity contribution in [2.24, 2.45) is 0 Å². The molecule has 0 aliphatic heterocycles. The molecule has 140 valence electrons. The van der Waals surface area contributed by atoms with Crippen molar-refractivity contribution in [1.29, 1.82) is 0 Å². The van der Waals surface area contributed by atoms with Gasteiger partial charge in [-0.3, -0.25) is 4.79 Å². The van der Waals surface area contributed by atoms with E-state index in [1.165, 1.54) is 24.3 Å². The minimum absolute atomic E-state index is 0.0466. The summed E-state index contributed by atoms with van der Waals surface area (Å²) in [6.07, 6.45) is -10.5. The lowest BCUT2D eigenvalue weighted by Gasteiger charge is -2.30. The van der Waals surface area contributed by atoms with E-state index < -0.39 is 46.9 Å². The van der Waals surface area contributed by atoms with E-state index in [0.717, 1.165) is 0 Å². The molecule has 0 fully saturated rings. The molecule has 0 saturated carbocycles. The van der Waals surface area contributed by atoms with Crippen molar-refractivity contribution < 1.29 is 36.2 Å². The summed E-state index contributed by atoms with van der Waals surface area (Å²) < 4.78 is 79.6. The van der Waals surface area contributed by atoms with Crippen LogP contribution in [0.1, 0.15) is 15.9 Å². The van der Waals surface area contributed by atoms with Gasteiger partial charge in [0.25, 0.3) is 18.0 Å². The van der Waals surface area contributed by atoms with E-state index in [0.29, 0.717) is 12.1 Å². The van der Waals surface area contributed by atoms with E-state index in [2.05, 4.69) is 0 Å². The van der Waals surface area contributed by atoms with Gasteiger partial charge < -0.3 is 16.2 Å². The number of benzene rings is 2. The topological polar surface area (TPSA) is 75.3 Å². The second-order valence-electron chi connectivity index (χ2n) is 5.25. The maximum absolute atomic E-state index is 14.4. The van der Waals surface area contributed by atoms with Crippen LogP contribution in [0.2, 0.25) is 0 Å². The van der Waals surface area contributed by atoms with Gasteiger partial charge in [0, 0.05) is 11.1 Å². The third-order valence-electron chi connectivity index (χ3n) is 3.60. The SMILES string of the molecule is Nc1c(O)ccc(C(F)(C(F)F)C(F)(F)F)c1NC(=O)c1ccccc1. The molecule has 2 aromatic carbocycles. The molecule has 2 aromatic rings. The zero-order chi connectivity index (χ0) is 19.7. The molecule has 1 atom stereocenters. The molecule has 0 aliphatic carbocycles. The number of hydrogen-bond donors (Lipinski definition) is 3. The summed E-state index contributed by atoms with van der Waals surface area (Å²) in [5.41, 5.74) is -3.32. The van der Waals surface area contributed by atoms with Gasteiger partial charge in [0.2, 0.25) is 0 Å². The van der Waals surface area contributed by atoms with Crippen molar-refractivity contribution in [3.05, 3.63) is 53.6 Å². The average Bonchev–Trinajstić information content (AvgIpc) is 2.58. The maximum Gasteiger partial charge on any atom is 0.432 e. The van der Waals surface area contributed by atoms with Crippen LogP contribution < -0.4 is 11.1 Å². The van der Waals surface area contributed by atoms with Crippen molar-refractivity contribution in [3.63, 3.8) is 0 Å². The van der Waals surface area contributed by atoms with Crippen LogP contribution in [0.15, 0.2) is 42.5 Å². The van der Waals surface area contributed by atoms with Crippen LogP contribution in [0.25, 0.3) is 0 Å². The van der Waals surface area contributed by atoms with E-state index >= 15 is 0 Å². The Bertz CT molecular complexity index is 810. The summed E-state index contributed by atoms with van der Waals surface area (Å²) in [7, 11) is 0. The van der Waals surface area contributed by atoms with Crippen molar-refractivity contribution in [3.8, 4) is 5.75 Å².